The van der Waals surface area contributed by atoms with Crippen LogP contribution in [0, 0.1) is 0 Å². The predicted octanol–water partition coefficient (Wildman–Crippen LogP) is 1.54. The number of amides is 2. The van der Waals surface area contributed by atoms with E-state index in [-0.39, 0.29) is 37.1 Å². The third-order valence-corrected chi connectivity index (χ3v) is 5.33. The van der Waals surface area contributed by atoms with Gasteiger partial charge in [0.1, 0.15) is 12.6 Å². The Morgan fingerprint density at radius 2 is 1.97 bits per heavy atom. The van der Waals surface area contributed by atoms with Gasteiger partial charge in [-0.25, -0.2) is 0 Å². The normalized spacial score (nSPS) is 16.4. The zero-order valence-corrected chi connectivity index (χ0v) is 17.9. The molecule has 1 atom stereocenters. The lowest BCUT2D eigenvalue weighted by atomic mass is 10.1. The molecule has 1 aliphatic heterocycles. The van der Waals surface area contributed by atoms with Gasteiger partial charge < -0.3 is 24.6 Å². The van der Waals surface area contributed by atoms with Crippen molar-refractivity contribution in [2.75, 3.05) is 18.5 Å². The molecular weight excluding hydrogens is 468 g/mol. The van der Waals surface area contributed by atoms with Gasteiger partial charge in [-0.2, -0.15) is 0 Å². The highest BCUT2D eigenvalue weighted by atomic mass is 79.9. The summed E-state index contributed by atoms with van der Waals surface area (Å²) in [6, 6.07) is 16.1. The first-order valence-electron chi connectivity index (χ1n) is 9.60. The van der Waals surface area contributed by atoms with E-state index in [1.54, 1.807) is 36.4 Å². The van der Waals surface area contributed by atoms with Crippen molar-refractivity contribution in [1.29, 1.82) is 0 Å². The molecule has 9 nitrogen and oxygen atoms in total. The van der Waals surface area contributed by atoms with Crippen LogP contribution in [0.4, 0.5) is 5.69 Å². The van der Waals surface area contributed by atoms with Crippen LogP contribution in [0.2, 0.25) is 0 Å². The van der Waals surface area contributed by atoms with E-state index in [1.807, 2.05) is 18.2 Å². The minimum atomic E-state index is -0.927. The number of anilines is 1. The molecule has 160 valence electrons. The van der Waals surface area contributed by atoms with Gasteiger partial charge in [0.05, 0.1) is 18.3 Å². The van der Waals surface area contributed by atoms with Gasteiger partial charge in [0, 0.05) is 28.8 Å². The van der Waals surface area contributed by atoms with Crippen LogP contribution in [-0.2, 0) is 20.9 Å². The second kappa shape index (κ2) is 9.27. The van der Waals surface area contributed by atoms with Crippen molar-refractivity contribution in [3.05, 3.63) is 64.8 Å². The molecule has 0 bridgehead atoms. The van der Waals surface area contributed by atoms with Crippen molar-refractivity contribution >= 4 is 33.4 Å². The topological polar surface area (TPSA) is 112 Å². The largest absolute Gasteiger partial charge is 0.539 e. The molecule has 1 N–H and O–H groups in total. The van der Waals surface area contributed by atoms with Gasteiger partial charge in [-0.1, -0.05) is 34.1 Å². The maximum absolute atomic E-state index is 12.9. The van der Waals surface area contributed by atoms with E-state index in [0.29, 0.717) is 17.9 Å². The Kier molecular flexibility index (Phi) is 6.28. The number of para-hydroxylation sites is 1. The number of nitrogens with zero attached hydrogens (tertiary/aromatic N) is 3. The van der Waals surface area contributed by atoms with Gasteiger partial charge in [-0.3, -0.25) is 9.59 Å². The second-order valence-corrected chi connectivity index (χ2v) is 7.85. The van der Waals surface area contributed by atoms with Gasteiger partial charge in [-0.05, 0) is 28.9 Å². The quantitative estimate of drug-likeness (QED) is 0.529. The summed E-state index contributed by atoms with van der Waals surface area (Å²) in [4.78, 5) is 26.8. The van der Waals surface area contributed by atoms with Crippen LogP contribution >= 0.6 is 15.9 Å². The van der Waals surface area contributed by atoms with Crippen LogP contribution < -0.4 is 15.1 Å². The maximum atomic E-state index is 12.9. The number of nitrogens with one attached hydrogen (secondary N) is 1. The molecule has 31 heavy (non-hydrogen) atoms. The maximum Gasteiger partial charge on any atom is 0.259 e. The Hall–Kier alpha value is -3.24. The van der Waals surface area contributed by atoms with E-state index in [2.05, 4.69) is 26.5 Å². The lowest BCUT2D eigenvalue weighted by Crippen LogP contribution is -2.50. The van der Waals surface area contributed by atoms with Crippen LogP contribution in [0.25, 0.3) is 5.69 Å². The molecule has 1 saturated heterocycles. The molecule has 0 aliphatic carbocycles. The fraction of sp³-hybridized carbons (Fsp3) is 0.238. The van der Waals surface area contributed by atoms with Crippen LogP contribution in [0.15, 0.2) is 63.6 Å². The first-order valence-corrected chi connectivity index (χ1v) is 10.4. The Morgan fingerprint density at radius 1 is 1.23 bits per heavy atom. The van der Waals surface area contributed by atoms with Gasteiger partial charge in [0.25, 0.3) is 11.6 Å². The summed E-state index contributed by atoms with van der Waals surface area (Å²) in [5, 5.41) is 18.7. The standard InChI is InChI=1S/C21H19BrN4O5/c22-14-6-8-15(9-7-14)23-19(27)12-18-20(28)25(10-11-30-18)13-17-21(29)31-24-26(17)16-4-2-1-3-5-16/h1-9,18H,10-13H2,(H-,23,24,27,29). The molecule has 1 aliphatic rings. The summed E-state index contributed by atoms with van der Waals surface area (Å²) in [5.41, 5.74) is 1.49. The Balaban J connectivity index is 1.43. The van der Waals surface area contributed by atoms with Gasteiger partial charge in [0.2, 0.25) is 11.6 Å². The molecule has 2 amide bonds. The van der Waals surface area contributed by atoms with Gasteiger partial charge in [0.15, 0.2) is 5.95 Å². The number of benzene rings is 2. The molecule has 10 heteroatoms. The molecule has 2 heterocycles. The summed E-state index contributed by atoms with van der Waals surface area (Å²) >= 11 is 3.34. The Bertz CT molecular complexity index is 1070. The highest BCUT2D eigenvalue weighted by Gasteiger charge is 2.34. The number of halogens is 1. The Morgan fingerprint density at radius 3 is 2.71 bits per heavy atom. The fourth-order valence-corrected chi connectivity index (χ4v) is 3.52. The number of morpholine rings is 1. The van der Waals surface area contributed by atoms with E-state index in [1.165, 1.54) is 9.58 Å². The second-order valence-electron chi connectivity index (χ2n) is 6.93. The van der Waals surface area contributed by atoms with Crippen molar-refractivity contribution in [2.24, 2.45) is 0 Å². The molecule has 4 rings (SSSR count). The van der Waals surface area contributed by atoms with Crippen molar-refractivity contribution < 1.29 is 28.6 Å². The van der Waals surface area contributed by atoms with E-state index < -0.39 is 12.1 Å². The molecule has 2 aromatic carbocycles. The number of hydrogen-bond acceptors (Lipinski definition) is 6. The molecule has 1 unspecified atom stereocenters. The summed E-state index contributed by atoms with van der Waals surface area (Å²) in [5.74, 6) is -1.32. The molecule has 1 aromatic heterocycles. The average Bonchev–Trinajstić information content (AvgIpc) is 3.13. The van der Waals surface area contributed by atoms with Crippen LogP contribution in [0.5, 0.6) is 5.95 Å². The summed E-state index contributed by atoms with van der Waals surface area (Å²) in [6.07, 6.45) is -1.05. The van der Waals surface area contributed by atoms with Crippen molar-refractivity contribution in [3.8, 4) is 11.6 Å². The van der Waals surface area contributed by atoms with Gasteiger partial charge in [-0.15, -0.1) is 0 Å². The lowest BCUT2D eigenvalue weighted by molar-refractivity contribution is -0.678. The fourth-order valence-electron chi connectivity index (χ4n) is 3.26. The summed E-state index contributed by atoms with van der Waals surface area (Å²) in [6.45, 7) is 0.556. The van der Waals surface area contributed by atoms with Crippen LogP contribution in [0.1, 0.15) is 12.1 Å². The summed E-state index contributed by atoms with van der Waals surface area (Å²) in [7, 11) is 0. The number of hydrogen-bond donors (Lipinski definition) is 1. The van der Waals surface area contributed by atoms with Crippen LogP contribution in [-0.4, -0.2) is 41.2 Å². The number of ether oxygens (including phenoxy) is 1. The lowest BCUT2D eigenvalue weighted by Gasteiger charge is -2.31. The van der Waals surface area contributed by atoms with E-state index >= 15 is 0 Å². The van der Waals surface area contributed by atoms with Crippen molar-refractivity contribution in [1.82, 2.24) is 10.2 Å². The minimum Gasteiger partial charge on any atom is -0.539 e. The monoisotopic (exact) mass is 486 g/mol. The number of aromatic nitrogens is 2. The molecule has 0 radical (unpaired) electrons. The first-order chi connectivity index (χ1) is 15.0. The number of carbonyl (C=O) groups excluding carboxylic acids is 2. The SMILES string of the molecule is O=C(CC1OCCN(Cc2c([O-])on[n+]2-c2ccccc2)C1=O)Nc1ccc(Br)cc1. The predicted molar refractivity (Wildman–Crippen MR) is 110 cm³/mol. The zero-order valence-electron chi connectivity index (χ0n) is 16.4. The van der Waals surface area contributed by atoms with Crippen LogP contribution in [0.3, 0.4) is 0 Å². The first kappa shape index (κ1) is 21.0. The van der Waals surface area contributed by atoms with E-state index in [9.17, 15) is 14.7 Å². The molecule has 1 fully saturated rings. The van der Waals surface area contributed by atoms with E-state index in [4.69, 9.17) is 9.26 Å². The van der Waals surface area contributed by atoms with Gasteiger partial charge >= 0.3 is 0 Å². The highest BCUT2D eigenvalue weighted by Crippen LogP contribution is 2.19. The molecular formula is C21H19BrN4O5. The average molecular weight is 487 g/mol. The zero-order chi connectivity index (χ0) is 21.8. The number of rotatable bonds is 6. The third-order valence-electron chi connectivity index (χ3n) is 4.80. The van der Waals surface area contributed by atoms with E-state index in [0.717, 1.165) is 4.47 Å². The molecule has 0 saturated carbocycles. The highest BCUT2D eigenvalue weighted by molar-refractivity contribution is 9.10. The Labute approximate surface area is 186 Å². The molecule has 3 aromatic rings. The van der Waals surface area contributed by atoms with Crippen molar-refractivity contribution in [3.63, 3.8) is 0 Å². The molecule has 0 spiro atoms. The van der Waals surface area contributed by atoms with Crippen molar-refractivity contribution in [2.45, 2.75) is 19.1 Å². The third kappa shape index (κ3) is 4.92. The smallest absolute Gasteiger partial charge is 0.259 e. The minimum absolute atomic E-state index is 0.00422. The number of carbonyl (C=O) groups is 2. The summed E-state index contributed by atoms with van der Waals surface area (Å²) < 4.78 is 12.6.